The number of carbonyl (C=O) groups excluding carboxylic acids is 3. The van der Waals surface area contributed by atoms with Crippen LogP contribution < -0.4 is 0 Å². The van der Waals surface area contributed by atoms with E-state index >= 15 is 0 Å². The molecule has 1 unspecified atom stereocenters. The molecule has 0 saturated carbocycles. The molecule has 0 spiro atoms. The Morgan fingerprint density at radius 3 is 1.06 bits per heavy atom. The van der Waals surface area contributed by atoms with Gasteiger partial charge in [-0.2, -0.15) is 0 Å². The highest BCUT2D eigenvalue weighted by Crippen LogP contribution is 2.12. The van der Waals surface area contributed by atoms with Crippen molar-refractivity contribution in [3.63, 3.8) is 0 Å². The molecule has 0 N–H and O–H groups in total. The van der Waals surface area contributed by atoms with Crippen molar-refractivity contribution in [2.45, 2.75) is 181 Å². The second-order valence-electron chi connectivity index (χ2n) is 16.5. The minimum Gasteiger partial charge on any atom is -0.462 e. The third kappa shape index (κ3) is 53.3. The number of unbranched alkanes of at least 4 members (excludes halogenated alkanes) is 10. The molecule has 0 radical (unpaired) electrons. The minimum absolute atomic E-state index is 0.137. The van der Waals surface area contributed by atoms with Crippen molar-refractivity contribution in [1.82, 2.24) is 0 Å². The summed E-state index contributed by atoms with van der Waals surface area (Å²) in [6.45, 7) is 6.10. The molecule has 0 aromatic carbocycles. The van der Waals surface area contributed by atoms with Crippen LogP contribution in [0.5, 0.6) is 0 Å². The van der Waals surface area contributed by atoms with E-state index in [1.54, 1.807) is 0 Å². The smallest absolute Gasteiger partial charge is 0.306 e. The number of hydrogen-bond acceptors (Lipinski definition) is 6. The predicted octanol–water partition coefficient (Wildman–Crippen LogP) is 17.7. The Bertz CT molecular complexity index is 1700. The molecule has 0 amide bonds. The molecule has 1 atom stereocenters. The van der Waals surface area contributed by atoms with Gasteiger partial charge in [0.2, 0.25) is 0 Å². The Kier molecular flexibility index (Phi) is 50.7. The third-order valence-corrected chi connectivity index (χ3v) is 10.1. The first kappa shape index (κ1) is 63.5. The molecular formula is C63H92O6. The highest BCUT2D eigenvalue weighted by molar-refractivity contribution is 5.71. The van der Waals surface area contributed by atoms with Crippen molar-refractivity contribution in [2.75, 3.05) is 13.2 Å². The van der Waals surface area contributed by atoms with Crippen LogP contribution in [0.25, 0.3) is 0 Å². The van der Waals surface area contributed by atoms with Crippen LogP contribution in [0.1, 0.15) is 175 Å². The Balaban J connectivity index is 4.66. The van der Waals surface area contributed by atoms with Crippen LogP contribution in [0.15, 0.2) is 182 Å². The first-order chi connectivity index (χ1) is 34.0. The Morgan fingerprint density at radius 2 is 0.623 bits per heavy atom. The van der Waals surface area contributed by atoms with E-state index in [-0.39, 0.29) is 44.0 Å². The number of carbonyl (C=O) groups is 3. The Hall–Kier alpha value is -5.49. The van der Waals surface area contributed by atoms with Gasteiger partial charge in [-0.05, 0) is 96.3 Å². The molecule has 0 aromatic heterocycles. The van der Waals surface area contributed by atoms with Gasteiger partial charge in [-0.15, -0.1) is 0 Å². The fourth-order valence-corrected chi connectivity index (χ4v) is 6.26. The number of esters is 3. The lowest BCUT2D eigenvalue weighted by molar-refractivity contribution is -0.166. The van der Waals surface area contributed by atoms with E-state index in [2.05, 4.69) is 130 Å². The van der Waals surface area contributed by atoms with Gasteiger partial charge in [-0.3, -0.25) is 14.4 Å². The maximum atomic E-state index is 12.8. The average Bonchev–Trinajstić information content (AvgIpc) is 3.35. The summed E-state index contributed by atoms with van der Waals surface area (Å²) in [4.78, 5) is 38.0. The third-order valence-electron chi connectivity index (χ3n) is 10.1. The second-order valence-corrected chi connectivity index (χ2v) is 16.5. The van der Waals surface area contributed by atoms with Gasteiger partial charge in [-0.1, -0.05) is 242 Å². The summed E-state index contributed by atoms with van der Waals surface area (Å²) in [7, 11) is 0. The molecule has 380 valence electrons. The maximum Gasteiger partial charge on any atom is 0.306 e. The van der Waals surface area contributed by atoms with E-state index in [9.17, 15) is 14.4 Å². The zero-order chi connectivity index (χ0) is 50.0. The largest absolute Gasteiger partial charge is 0.462 e. The van der Waals surface area contributed by atoms with Crippen molar-refractivity contribution in [3.8, 4) is 0 Å². The SMILES string of the molecule is CC\C=C/C=C\C=C/C=C\C=C\C=C/CCCCCC(=O)OC(COC(=O)CC/C=C\C/C=C\C/C=C\C/C=C\C/C=C\C/C=C\CC)COC(=O)CCCCCCCCC\C=C/C=C\C=C/CC. The predicted molar refractivity (Wildman–Crippen MR) is 297 cm³/mol. The van der Waals surface area contributed by atoms with Gasteiger partial charge in [0.15, 0.2) is 6.10 Å². The lowest BCUT2D eigenvalue weighted by Gasteiger charge is -2.18. The summed E-state index contributed by atoms with van der Waals surface area (Å²) in [6.07, 6.45) is 83.1. The van der Waals surface area contributed by atoms with Crippen molar-refractivity contribution in [3.05, 3.63) is 182 Å². The molecular weight excluding hydrogens is 853 g/mol. The topological polar surface area (TPSA) is 78.9 Å². The molecule has 0 aliphatic carbocycles. The zero-order valence-corrected chi connectivity index (χ0v) is 43.2. The molecule has 0 aromatic rings. The van der Waals surface area contributed by atoms with Crippen LogP contribution >= 0.6 is 0 Å². The van der Waals surface area contributed by atoms with Gasteiger partial charge in [-0.25, -0.2) is 0 Å². The number of ether oxygens (including phenoxy) is 3. The molecule has 0 fully saturated rings. The minimum atomic E-state index is -0.848. The highest BCUT2D eigenvalue weighted by Gasteiger charge is 2.19. The Morgan fingerprint density at radius 1 is 0.304 bits per heavy atom. The molecule has 6 heteroatoms. The van der Waals surface area contributed by atoms with Gasteiger partial charge < -0.3 is 14.2 Å². The molecule has 0 saturated heterocycles. The van der Waals surface area contributed by atoms with Crippen molar-refractivity contribution < 1.29 is 28.6 Å². The first-order valence-electron chi connectivity index (χ1n) is 26.4. The van der Waals surface area contributed by atoms with Crippen LogP contribution in [-0.2, 0) is 28.6 Å². The normalized spacial score (nSPS) is 13.6. The van der Waals surface area contributed by atoms with Crippen LogP contribution in [0.3, 0.4) is 0 Å². The van der Waals surface area contributed by atoms with Gasteiger partial charge in [0.25, 0.3) is 0 Å². The summed E-state index contributed by atoms with van der Waals surface area (Å²) in [6, 6.07) is 0. The summed E-state index contributed by atoms with van der Waals surface area (Å²) in [5, 5.41) is 0. The molecule has 0 heterocycles. The quantitative estimate of drug-likeness (QED) is 0.0199. The summed E-state index contributed by atoms with van der Waals surface area (Å²) in [5.74, 6) is -1.10. The first-order valence-corrected chi connectivity index (χ1v) is 26.4. The van der Waals surface area contributed by atoms with E-state index in [4.69, 9.17) is 14.2 Å². The lowest BCUT2D eigenvalue weighted by Crippen LogP contribution is -2.30. The molecule has 6 nitrogen and oxygen atoms in total. The van der Waals surface area contributed by atoms with Crippen molar-refractivity contribution in [2.24, 2.45) is 0 Å². The summed E-state index contributed by atoms with van der Waals surface area (Å²) < 4.78 is 16.7. The van der Waals surface area contributed by atoms with Crippen LogP contribution in [0.2, 0.25) is 0 Å². The van der Waals surface area contributed by atoms with Crippen molar-refractivity contribution >= 4 is 17.9 Å². The number of hydrogen-bond donors (Lipinski definition) is 0. The molecule has 0 aliphatic rings. The second kappa shape index (κ2) is 55.1. The fourth-order valence-electron chi connectivity index (χ4n) is 6.26. The summed E-state index contributed by atoms with van der Waals surface area (Å²) >= 11 is 0. The van der Waals surface area contributed by atoms with E-state index < -0.39 is 6.10 Å². The van der Waals surface area contributed by atoms with Gasteiger partial charge in [0.05, 0.1) is 0 Å². The van der Waals surface area contributed by atoms with Gasteiger partial charge in [0.1, 0.15) is 13.2 Å². The molecule has 69 heavy (non-hydrogen) atoms. The van der Waals surface area contributed by atoms with Crippen LogP contribution in [-0.4, -0.2) is 37.2 Å². The number of allylic oxidation sites excluding steroid dienone is 30. The van der Waals surface area contributed by atoms with E-state index in [1.165, 1.54) is 19.3 Å². The average molecular weight is 945 g/mol. The highest BCUT2D eigenvalue weighted by atomic mass is 16.6. The monoisotopic (exact) mass is 945 g/mol. The fraction of sp³-hybridized carbons (Fsp3) is 0.476. The van der Waals surface area contributed by atoms with Gasteiger partial charge in [0, 0.05) is 19.3 Å². The molecule has 0 aliphatic heterocycles. The Labute approximate surface area is 421 Å². The standard InChI is InChI=1S/C63H92O6/c1-4-7-10-13-16-19-22-25-28-30-31-33-35-38-41-44-47-50-53-56-62(65)68-59-60(58-67-61(64)55-52-49-46-43-40-37-34-27-24-21-18-15-12-9-6-3)69-63(66)57-54-51-48-45-42-39-36-32-29-26-23-20-17-14-11-8-5-2/h7-12,14-21,23-26,28-29,31-33,36,38-39,41-42,47,50,60H,4-6,13,22,27,30,34-35,37,40,43-46,48-49,51-59H2,1-3H3/b10-7-,11-8-,12-9-,17-14-,18-15-,19-16-,23-20-,24-21-,28-25-,29-26-,33-31-,36-32+,41-38-,42-39-,50-47-. The van der Waals surface area contributed by atoms with Crippen LogP contribution in [0, 0.1) is 0 Å². The van der Waals surface area contributed by atoms with Crippen molar-refractivity contribution in [1.29, 1.82) is 0 Å². The maximum absolute atomic E-state index is 12.8. The molecule has 0 bridgehead atoms. The zero-order valence-electron chi connectivity index (χ0n) is 43.2. The number of rotatable bonds is 44. The summed E-state index contributed by atoms with van der Waals surface area (Å²) in [5.41, 5.74) is 0. The molecule has 0 rings (SSSR count). The van der Waals surface area contributed by atoms with Gasteiger partial charge >= 0.3 is 17.9 Å². The van der Waals surface area contributed by atoms with Crippen LogP contribution in [0.4, 0.5) is 0 Å². The van der Waals surface area contributed by atoms with E-state index in [0.29, 0.717) is 19.3 Å². The van der Waals surface area contributed by atoms with E-state index in [0.717, 1.165) is 103 Å². The van der Waals surface area contributed by atoms with E-state index in [1.807, 2.05) is 72.9 Å². The lowest BCUT2D eigenvalue weighted by atomic mass is 10.1.